The molecule has 2 aromatic rings. The number of ketones is 1. The maximum Gasteiger partial charge on any atom is 0.272 e. The Morgan fingerprint density at radius 2 is 1.79 bits per heavy atom. The molecule has 0 fully saturated rings. The highest BCUT2D eigenvalue weighted by atomic mass is 19.1. The van der Waals surface area contributed by atoms with E-state index in [1.54, 1.807) is 12.1 Å². The first kappa shape index (κ1) is 17.6. The molecule has 24 heavy (non-hydrogen) atoms. The van der Waals surface area contributed by atoms with Crippen molar-refractivity contribution < 1.29 is 18.8 Å². The summed E-state index contributed by atoms with van der Waals surface area (Å²) in [6, 6.07) is 10.2. The van der Waals surface area contributed by atoms with Gasteiger partial charge in [0.15, 0.2) is 24.0 Å². The van der Waals surface area contributed by atoms with Crippen molar-refractivity contribution >= 4 is 11.5 Å². The molecule has 0 amide bonds. The number of Topliss-reactive ketones (excluding diaryl/α,β-unsaturated/α-hetero) is 1. The third-order valence-electron chi connectivity index (χ3n) is 3.56. The summed E-state index contributed by atoms with van der Waals surface area (Å²) in [4.78, 5) is 22.0. The van der Waals surface area contributed by atoms with E-state index in [4.69, 9.17) is 4.74 Å². The maximum atomic E-state index is 13.7. The van der Waals surface area contributed by atoms with E-state index in [1.165, 1.54) is 0 Å². The zero-order chi connectivity index (χ0) is 17.9. The van der Waals surface area contributed by atoms with E-state index < -0.39 is 10.7 Å². The van der Waals surface area contributed by atoms with Crippen molar-refractivity contribution in [1.29, 1.82) is 0 Å². The Labute approximate surface area is 139 Å². The molecule has 0 atom stereocenters. The molecule has 0 saturated heterocycles. The molecule has 6 heteroatoms. The number of nitro benzene ring substituents is 1. The van der Waals surface area contributed by atoms with Crippen LogP contribution in [-0.4, -0.2) is 17.3 Å². The van der Waals surface area contributed by atoms with Crippen molar-refractivity contribution in [3.05, 3.63) is 69.5 Å². The van der Waals surface area contributed by atoms with Gasteiger partial charge in [0.2, 0.25) is 0 Å². The highest BCUT2D eigenvalue weighted by molar-refractivity contribution is 5.97. The summed E-state index contributed by atoms with van der Waals surface area (Å²) in [5, 5.41) is 10.6. The largest absolute Gasteiger partial charge is 0.482 e. The van der Waals surface area contributed by atoms with Crippen molar-refractivity contribution in [2.45, 2.75) is 26.2 Å². The molecule has 0 unspecified atom stereocenters. The molecular weight excluding hydrogens is 313 g/mol. The Morgan fingerprint density at radius 1 is 1.17 bits per heavy atom. The average Bonchev–Trinajstić information content (AvgIpc) is 2.52. The number of rotatable bonds is 5. The molecule has 126 valence electrons. The first-order valence-electron chi connectivity index (χ1n) is 7.39. The highest BCUT2D eigenvalue weighted by Crippen LogP contribution is 2.24. The van der Waals surface area contributed by atoms with Crippen LogP contribution in [0.25, 0.3) is 0 Å². The summed E-state index contributed by atoms with van der Waals surface area (Å²) in [5.41, 5.74) is 1.18. The van der Waals surface area contributed by atoms with Crippen LogP contribution in [0.5, 0.6) is 5.75 Å². The number of nitrogens with zero attached hydrogens (tertiary/aromatic N) is 1. The van der Waals surface area contributed by atoms with Gasteiger partial charge in [-0.25, -0.2) is 4.39 Å². The second-order valence-corrected chi connectivity index (χ2v) is 6.41. The average molecular weight is 331 g/mol. The predicted molar refractivity (Wildman–Crippen MR) is 88.0 cm³/mol. The second-order valence-electron chi connectivity index (χ2n) is 6.41. The van der Waals surface area contributed by atoms with Crippen molar-refractivity contribution in [2.75, 3.05) is 6.61 Å². The molecule has 0 heterocycles. The molecule has 0 bridgehead atoms. The molecule has 0 saturated carbocycles. The fourth-order valence-electron chi connectivity index (χ4n) is 2.10. The van der Waals surface area contributed by atoms with Gasteiger partial charge >= 0.3 is 0 Å². The molecule has 2 aromatic carbocycles. The Morgan fingerprint density at radius 3 is 2.29 bits per heavy atom. The number of hydrogen-bond acceptors (Lipinski definition) is 4. The zero-order valence-electron chi connectivity index (χ0n) is 13.7. The van der Waals surface area contributed by atoms with E-state index in [1.807, 2.05) is 12.1 Å². The standard InChI is InChI=1S/C18H18FNO4/c1-18(2,3)13-6-4-12(5-7-13)16(21)11-24-17-9-8-14(20(22)23)10-15(17)19/h4-10H,11H2,1-3H3. The van der Waals surface area contributed by atoms with Crippen LogP contribution in [0.4, 0.5) is 10.1 Å². The van der Waals surface area contributed by atoms with Gasteiger partial charge < -0.3 is 4.74 Å². The summed E-state index contributed by atoms with van der Waals surface area (Å²) in [6.45, 7) is 5.88. The number of carbonyl (C=O) groups excluding carboxylic acids is 1. The lowest BCUT2D eigenvalue weighted by Gasteiger charge is -2.19. The van der Waals surface area contributed by atoms with Crippen LogP contribution in [0.3, 0.4) is 0 Å². The highest BCUT2D eigenvalue weighted by Gasteiger charge is 2.16. The Hall–Kier alpha value is -2.76. The molecular formula is C18H18FNO4. The fraction of sp³-hybridized carbons (Fsp3) is 0.278. The first-order chi connectivity index (χ1) is 11.2. The second kappa shape index (κ2) is 6.78. The summed E-state index contributed by atoms with van der Waals surface area (Å²) >= 11 is 0. The van der Waals surface area contributed by atoms with Gasteiger partial charge in [0.05, 0.1) is 11.0 Å². The molecule has 0 radical (unpaired) electrons. The monoisotopic (exact) mass is 331 g/mol. The van der Waals surface area contributed by atoms with E-state index in [9.17, 15) is 19.3 Å². The van der Waals surface area contributed by atoms with Gasteiger partial charge in [-0.15, -0.1) is 0 Å². The number of non-ortho nitro benzene ring substituents is 1. The third-order valence-corrected chi connectivity index (χ3v) is 3.56. The minimum atomic E-state index is -0.875. The lowest BCUT2D eigenvalue weighted by molar-refractivity contribution is -0.385. The summed E-state index contributed by atoms with van der Waals surface area (Å²) in [6.07, 6.45) is 0. The van der Waals surface area contributed by atoms with E-state index >= 15 is 0 Å². The van der Waals surface area contributed by atoms with Crippen LogP contribution < -0.4 is 4.74 Å². The van der Waals surface area contributed by atoms with Crippen molar-refractivity contribution in [2.24, 2.45) is 0 Å². The van der Waals surface area contributed by atoms with Crippen LogP contribution in [-0.2, 0) is 5.41 Å². The van der Waals surface area contributed by atoms with E-state index in [0.29, 0.717) is 5.56 Å². The number of benzene rings is 2. The van der Waals surface area contributed by atoms with Crippen molar-refractivity contribution in [3.63, 3.8) is 0 Å². The number of hydrogen-bond donors (Lipinski definition) is 0. The van der Waals surface area contributed by atoms with E-state index in [0.717, 1.165) is 23.8 Å². The van der Waals surface area contributed by atoms with Gasteiger partial charge in [0.25, 0.3) is 5.69 Å². The van der Waals surface area contributed by atoms with Gasteiger partial charge in [-0.1, -0.05) is 45.0 Å². The number of carbonyl (C=O) groups is 1. The quantitative estimate of drug-likeness (QED) is 0.465. The summed E-state index contributed by atoms with van der Waals surface area (Å²) < 4.78 is 18.8. The van der Waals surface area contributed by atoms with E-state index in [2.05, 4.69) is 20.8 Å². The van der Waals surface area contributed by atoms with Crippen molar-refractivity contribution in [1.82, 2.24) is 0 Å². The van der Waals surface area contributed by atoms with Gasteiger partial charge in [0, 0.05) is 11.6 Å². The molecule has 0 aliphatic carbocycles. The minimum Gasteiger partial charge on any atom is -0.482 e. The predicted octanol–water partition coefficient (Wildman–Crippen LogP) is 4.29. The summed E-state index contributed by atoms with van der Waals surface area (Å²) in [7, 11) is 0. The fourth-order valence-corrected chi connectivity index (χ4v) is 2.10. The van der Waals surface area contributed by atoms with Crippen LogP contribution >= 0.6 is 0 Å². The Kier molecular flexibility index (Phi) is 4.97. The number of halogens is 1. The minimum absolute atomic E-state index is 0.0139. The molecule has 5 nitrogen and oxygen atoms in total. The van der Waals surface area contributed by atoms with Crippen LogP contribution in [0.2, 0.25) is 0 Å². The van der Waals surface area contributed by atoms with Crippen LogP contribution in [0.15, 0.2) is 42.5 Å². The lowest BCUT2D eigenvalue weighted by Crippen LogP contribution is -2.14. The Balaban J connectivity index is 2.04. The summed E-state index contributed by atoms with van der Waals surface area (Å²) in [5.74, 6) is -1.37. The topological polar surface area (TPSA) is 69.4 Å². The molecule has 0 aliphatic rings. The lowest BCUT2D eigenvalue weighted by atomic mass is 9.86. The first-order valence-corrected chi connectivity index (χ1v) is 7.39. The SMILES string of the molecule is CC(C)(C)c1ccc(C(=O)COc2ccc([N+](=O)[O-])cc2F)cc1. The number of ether oxygens (including phenoxy) is 1. The van der Waals surface area contributed by atoms with Gasteiger partial charge in [-0.05, 0) is 17.0 Å². The zero-order valence-corrected chi connectivity index (χ0v) is 13.7. The van der Waals surface area contributed by atoms with Gasteiger partial charge in [-0.2, -0.15) is 0 Å². The normalized spacial score (nSPS) is 11.2. The molecule has 0 N–H and O–H groups in total. The number of nitro groups is 1. The van der Waals surface area contributed by atoms with Gasteiger partial charge in [-0.3, -0.25) is 14.9 Å². The Bertz CT molecular complexity index is 764. The third kappa shape index (κ3) is 4.16. The molecule has 0 aliphatic heterocycles. The van der Waals surface area contributed by atoms with E-state index in [-0.39, 0.29) is 29.2 Å². The van der Waals surface area contributed by atoms with Crippen LogP contribution in [0, 0.1) is 15.9 Å². The molecule has 0 spiro atoms. The van der Waals surface area contributed by atoms with Crippen molar-refractivity contribution in [3.8, 4) is 5.75 Å². The smallest absolute Gasteiger partial charge is 0.272 e. The maximum absolute atomic E-state index is 13.7. The van der Waals surface area contributed by atoms with Gasteiger partial charge in [0.1, 0.15) is 0 Å². The molecule has 0 aromatic heterocycles. The molecule has 2 rings (SSSR count). The van der Waals surface area contributed by atoms with Crippen LogP contribution in [0.1, 0.15) is 36.7 Å².